The molecule has 1 amide bonds. The summed E-state index contributed by atoms with van der Waals surface area (Å²) in [6.45, 7) is 0.479. The maximum Gasteiger partial charge on any atom is 0.320 e. The van der Waals surface area contributed by atoms with Gasteiger partial charge in [0.25, 0.3) is 5.91 Å². The number of pyridine rings is 1. The molecule has 3 aromatic heterocycles. The van der Waals surface area contributed by atoms with Crippen LogP contribution >= 0.6 is 0 Å². The number of hydrogen-bond acceptors (Lipinski definition) is 7. The molecule has 3 aromatic rings. The summed E-state index contributed by atoms with van der Waals surface area (Å²) < 4.78 is 12.3. The molecule has 0 aliphatic carbocycles. The van der Waals surface area contributed by atoms with Crippen LogP contribution in [-0.4, -0.2) is 67.3 Å². The molecule has 2 aliphatic rings. The van der Waals surface area contributed by atoms with Gasteiger partial charge < -0.3 is 24.0 Å². The predicted octanol–water partition coefficient (Wildman–Crippen LogP) is 2.04. The van der Waals surface area contributed by atoms with Gasteiger partial charge >= 0.3 is 6.01 Å². The summed E-state index contributed by atoms with van der Waals surface area (Å²) in [4.78, 5) is 27.7. The van der Waals surface area contributed by atoms with Crippen LogP contribution in [0.15, 0.2) is 36.8 Å². The standard InChI is InChI=1S/C22H25N5O4/c1-30-19-9-17(24-21(25-19)31-2)20(28)27-15-3-4-16(27)11-22(29,10-15)13-26-8-6-14-5-7-23-12-18(14)26/h5-9,12,15-16,29H,3-4,10-11,13H2,1-2H3. The maximum absolute atomic E-state index is 13.3. The van der Waals surface area contributed by atoms with Crippen LogP contribution in [0.4, 0.5) is 0 Å². The molecule has 0 aromatic carbocycles. The lowest BCUT2D eigenvalue weighted by molar-refractivity contribution is -0.0534. The minimum atomic E-state index is -0.883. The molecule has 5 heterocycles. The van der Waals surface area contributed by atoms with Gasteiger partial charge in [-0.25, -0.2) is 0 Å². The first kappa shape index (κ1) is 19.7. The van der Waals surface area contributed by atoms with Crippen molar-refractivity contribution in [3.05, 3.63) is 42.5 Å². The Labute approximate surface area is 179 Å². The van der Waals surface area contributed by atoms with Gasteiger partial charge in [-0.2, -0.15) is 9.97 Å². The molecular weight excluding hydrogens is 398 g/mol. The third-order valence-corrected chi connectivity index (χ3v) is 6.42. The lowest BCUT2D eigenvalue weighted by atomic mass is 9.85. The van der Waals surface area contributed by atoms with Gasteiger partial charge in [0.15, 0.2) is 0 Å². The van der Waals surface area contributed by atoms with Crippen LogP contribution in [0.1, 0.15) is 36.2 Å². The largest absolute Gasteiger partial charge is 0.481 e. The highest BCUT2D eigenvalue weighted by molar-refractivity contribution is 5.93. The van der Waals surface area contributed by atoms with Crippen molar-refractivity contribution in [2.24, 2.45) is 0 Å². The van der Waals surface area contributed by atoms with Crippen molar-refractivity contribution in [2.75, 3.05) is 14.2 Å². The normalized spacial score (nSPS) is 25.1. The summed E-state index contributed by atoms with van der Waals surface area (Å²) in [5.41, 5.74) is 0.362. The van der Waals surface area contributed by atoms with Crippen molar-refractivity contribution in [3.8, 4) is 11.9 Å². The SMILES string of the molecule is COc1cc(C(=O)N2C3CCC2CC(O)(Cn2ccc4ccncc42)C3)nc(OC)n1. The zero-order valence-corrected chi connectivity index (χ0v) is 17.6. The number of amides is 1. The fourth-order valence-electron chi connectivity index (χ4n) is 5.11. The topological polar surface area (TPSA) is 103 Å². The van der Waals surface area contributed by atoms with Crippen LogP contribution in [0.3, 0.4) is 0 Å². The van der Waals surface area contributed by atoms with Gasteiger partial charge in [-0.3, -0.25) is 9.78 Å². The Kier molecular flexibility index (Phi) is 4.77. The molecular formula is C22H25N5O4. The molecule has 0 spiro atoms. The van der Waals surface area contributed by atoms with Crippen LogP contribution in [-0.2, 0) is 6.54 Å². The Balaban J connectivity index is 1.38. The van der Waals surface area contributed by atoms with Gasteiger partial charge in [-0.15, -0.1) is 0 Å². The van der Waals surface area contributed by atoms with E-state index in [4.69, 9.17) is 9.47 Å². The van der Waals surface area contributed by atoms with Gasteiger partial charge in [0.05, 0.1) is 38.1 Å². The predicted molar refractivity (Wildman–Crippen MR) is 112 cm³/mol. The third kappa shape index (κ3) is 3.48. The number of carbonyl (C=O) groups is 1. The Morgan fingerprint density at radius 2 is 1.97 bits per heavy atom. The number of nitrogens with zero attached hydrogens (tertiary/aromatic N) is 5. The van der Waals surface area contributed by atoms with E-state index >= 15 is 0 Å². The van der Waals surface area contributed by atoms with Gasteiger partial charge in [0, 0.05) is 35.9 Å². The second-order valence-corrected chi connectivity index (χ2v) is 8.39. The summed E-state index contributed by atoms with van der Waals surface area (Å²) in [5, 5.41) is 12.6. The van der Waals surface area contributed by atoms with Crippen molar-refractivity contribution < 1.29 is 19.4 Å². The highest BCUT2D eigenvalue weighted by atomic mass is 16.5. The number of methoxy groups -OCH3 is 2. The van der Waals surface area contributed by atoms with E-state index in [-0.39, 0.29) is 35.6 Å². The Hall–Kier alpha value is -3.20. The zero-order chi connectivity index (χ0) is 21.6. The third-order valence-electron chi connectivity index (χ3n) is 6.42. The molecule has 1 N–H and O–H groups in total. The molecule has 31 heavy (non-hydrogen) atoms. The summed E-state index contributed by atoms with van der Waals surface area (Å²) in [7, 11) is 2.94. The second kappa shape index (κ2) is 7.49. The van der Waals surface area contributed by atoms with Gasteiger partial charge in [-0.05, 0) is 37.8 Å². The molecule has 9 heteroatoms. The highest BCUT2D eigenvalue weighted by Gasteiger charge is 2.50. The van der Waals surface area contributed by atoms with E-state index in [0.29, 0.717) is 19.4 Å². The quantitative estimate of drug-likeness (QED) is 0.670. The molecule has 0 saturated carbocycles. The lowest BCUT2D eigenvalue weighted by Gasteiger charge is -2.44. The summed E-state index contributed by atoms with van der Waals surface area (Å²) in [6.07, 6.45) is 8.36. The van der Waals surface area contributed by atoms with E-state index in [0.717, 1.165) is 23.7 Å². The van der Waals surface area contributed by atoms with Crippen molar-refractivity contribution in [3.63, 3.8) is 0 Å². The zero-order valence-electron chi connectivity index (χ0n) is 17.6. The summed E-state index contributed by atoms with van der Waals surface area (Å²) in [5.74, 6) is 0.105. The molecule has 2 fully saturated rings. The van der Waals surface area contributed by atoms with Crippen molar-refractivity contribution in [1.29, 1.82) is 0 Å². The Morgan fingerprint density at radius 1 is 1.19 bits per heavy atom. The van der Waals surface area contributed by atoms with Crippen LogP contribution in [0, 0.1) is 0 Å². The van der Waals surface area contributed by atoms with E-state index in [1.165, 1.54) is 20.3 Å². The summed E-state index contributed by atoms with van der Waals surface area (Å²) >= 11 is 0. The van der Waals surface area contributed by atoms with Crippen LogP contribution < -0.4 is 9.47 Å². The Morgan fingerprint density at radius 3 is 2.68 bits per heavy atom. The first-order valence-electron chi connectivity index (χ1n) is 10.4. The molecule has 0 radical (unpaired) electrons. The average molecular weight is 423 g/mol. The molecule has 2 bridgehead atoms. The number of hydrogen-bond donors (Lipinski definition) is 1. The monoisotopic (exact) mass is 423 g/mol. The number of ether oxygens (including phenoxy) is 2. The van der Waals surface area contributed by atoms with E-state index in [1.54, 1.807) is 6.20 Å². The maximum atomic E-state index is 13.3. The van der Waals surface area contributed by atoms with E-state index in [9.17, 15) is 9.90 Å². The smallest absolute Gasteiger partial charge is 0.320 e. The Bertz CT molecular complexity index is 1090. The molecule has 5 rings (SSSR count). The number of rotatable bonds is 5. The number of aromatic nitrogens is 4. The van der Waals surface area contributed by atoms with E-state index in [2.05, 4.69) is 19.5 Å². The number of carbonyl (C=O) groups excluding carboxylic acids is 1. The molecule has 2 atom stereocenters. The van der Waals surface area contributed by atoms with Crippen molar-refractivity contribution >= 4 is 16.8 Å². The molecule has 2 unspecified atom stereocenters. The minimum Gasteiger partial charge on any atom is -0.481 e. The average Bonchev–Trinajstić information content (AvgIpc) is 3.31. The van der Waals surface area contributed by atoms with Gasteiger partial charge in [0.1, 0.15) is 5.69 Å². The molecule has 9 nitrogen and oxygen atoms in total. The first-order valence-corrected chi connectivity index (χ1v) is 10.4. The van der Waals surface area contributed by atoms with Crippen LogP contribution in [0.2, 0.25) is 0 Å². The van der Waals surface area contributed by atoms with E-state index < -0.39 is 5.60 Å². The van der Waals surface area contributed by atoms with Gasteiger partial charge in [0.2, 0.25) is 5.88 Å². The number of piperidine rings is 1. The van der Waals surface area contributed by atoms with E-state index in [1.807, 2.05) is 29.4 Å². The highest BCUT2D eigenvalue weighted by Crippen LogP contribution is 2.42. The fourth-order valence-corrected chi connectivity index (χ4v) is 5.11. The lowest BCUT2D eigenvalue weighted by Crippen LogP contribution is -2.54. The van der Waals surface area contributed by atoms with Gasteiger partial charge in [-0.1, -0.05) is 0 Å². The second-order valence-electron chi connectivity index (χ2n) is 8.39. The van der Waals surface area contributed by atoms with Crippen LogP contribution in [0.5, 0.6) is 11.9 Å². The van der Waals surface area contributed by atoms with Crippen LogP contribution in [0.25, 0.3) is 10.9 Å². The molecule has 2 aliphatic heterocycles. The first-order chi connectivity index (χ1) is 15.0. The van der Waals surface area contributed by atoms with Crippen molar-refractivity contribution in [2.45, 2.75) is 49.9 Å². The summed E-state index contributed by atoms with van der Waals surface area (Å²) in [6, 6.07) is 5.54. The van der Waals surface area contributed by atoms with Crippen molar-refractivity contribution in [1.82, 2.24) is 24.4 Å². The fraction of sp³-hybridized carbons (Fsp3) is 0.455. The molecule has 2 saturated heterocycles. The number of fused-ring (bicyclic) bond motifs is 3. The number of aliphatic hydroxyl groups is 1. The minimum absolute atomic E-state index is 0.0387. The molecule has 162 valence electrons.